The predicted octanol–water partition coefficient (Wildman–Crippen LogP) is 3.84. The highest BCUT2D eigenvalue weighted by atomic mass is 19.2. The average Bonchev–Trinajstić information content (AvgIpc) is 2.50. The van der Waals surface area contributed by atoms with E-state index >= 15 is 0 Å². The van der Waals surface area contributed by atoms with Crippen molar-refractivity contribution in [3.05, 3.63) is 29.1 Å². The molecule has 0 saturated carbocycles. The Bertz CT molecular complexity index is 687. The van der Waals surface area contributed by atoms with Crippen LogP contribution in [0.4, 0.5) is 26.7 Å². The number of nitrogens with one attached hydrogen (secondary N) is 1. The third-order valence-electron chi connectivity index (χ3n) is 2.97. The first-order chi connectivity index (χ1) is 11.8. The maximum atomic E-state index is 13.6. The molecule has 1 N–H and O–H groups in total. The van der Waals surface area contributed by atoms with Gasteiger partial charge in [0.15, 0.2) is 0 Å². The molecule has 0 spiro atoms. The second-order valence-electron chi connectivity index (χ2n) is 6.69. The number of carbonyl (C=O) groups excluding carboxylic acids is 2. The van der Waals surface area contributed by atoms with Crippen LogP contribution in [0.1, 0.15) is 34.6 Å². The molecule has 0 aromatic heterocycles. The number of ether oxygens (including phenoxy) is 2. The van der Waals surface area contributed by atoms with E-state index in [0.29, 0.717) is 0 Å². The van der Waals surface area contributed by atoms with Crippen molar-refractivity contribution >= 4 is 12.1 Å². The van der Waals surface area contributed by atoms with Crippen LogP contribution >= 0.6 is 0 Å². The van der Waals surface area contributed by atoms with Crippen molar-refractivity contribution in [3.8, 4) is 5.75 Å². The molecule has 0 heterocycles. The van der Waals surface area contributed by atoms with Gasteiger partial charge in [-0.15, -0.1) is 0 Å². The first kappa shape index (κ1) is 21.7. The van der Waals surface area contributed by atoms with Crippen molar-refractivity contribution in [2.24, 2.45) is 5.92 Å². The van der Waals surface area contributed by atoms with Gasteiger partial charge in [0, 0.05) is 0 Å². The Hall–Kier alpha value is -2.39. The number of benzene rings is 1. The number of esters is 1. The van der Waals surface area contributed by atoms with Crippen LogP contribution in [0.3, 0.4) is 0 Å². The molecule has 0 aliphatic rings. The lowest BCUT2D eigenvalue weighted by Crippen LogP contribution is -2.48. The van der Waals surface area contributed by atoms with E-state index < -0.39 is 64.5 Å². The molecular formula is C16H18F5NO4. The number of hydrogen-bond acceptors (Lipinski definition) is 4. The summed E-state index contributed by atoms with van der Waals surface area (Å²) in [5.41, 5.74) is -0.892. The molecule has 26 heavy (non-hydrogen) atoms. The SMILES string of the molecule is CC(C)[C@@H](NC(=O)OC(C)(C)C)C(=O)Oc1c(F)c(F)c(F)c(F)c1F. The van der Waals surface area contributed by atoms with Crippen molar-refractivity contribution in [2.45, 2.75) is 46.3 Å². The topological polar surface area (TPSA) is 64.6 Å². The lowest BCUT2D eigenvalue weighted by Gasteiger charge is -2.24. The highest BCUT2D eigenvalue weighted by Crippen LogP contribution is 2.29. The highest BCUT2D eigenvalue weighted by Gasteiger charge is 2.33. The van der Waals surface area contributed by atoms with E-state index in [1.54, 1.807) is 20.8 Å². The largest absolute Gasteiger partial charge is 0.444 e. The lowest BCUT2D eigenvalue weighted by molar-refractivity contribution is -0.138. The van der Waals surface area contributed by atoms with E-state index in [0.717, 1.165) is 0 Å². The standard InChI is InChI=1S/C16H18F5NO4/c1-6(2)12(22-15(24)26-16(3,4)5)14(23)25-13-10(20)8(18)7(17)9(19)11(13)21/h6,12H,1-5H3,(H,22,24)/t12-/m1/s1. The quantitative estimate of drug-likeness (QED) is 0.282. The molecule has 1 amide bonds. The van der Waals surface area contributed by atoms with Crippen LogP contribution in [0.2, 0.25) is 0 Å². The van der Waals surface area contributed by atoms with Crippen LogP contribution < -0.4 is 10.1 Å². The summed E-state index contributed by atoms with van der Waals surface area (Å²) < 4.78 is 75.8. The van der Waals surface area contributed by atoms with Gasteiger partial charge in [0.1, 0.15) is 11.6 Å². The zero-order valence-electron chi connectivity index (χ0n) is 14.7. The number of amides is 1. The zero-order valence-corrected chi connectivity index (χ0v) is 14.7. The highest BCUT2D eigenvalue weighted by molar-refractivity contribution is 5.83. The van der Waals surface area contributed by atoms with Crippen LogP contribution in [0.15, 0.2) is 0 Å². The fraction of sp³-hybridized carbons (Fsp3) is 0.500. The number of carbonyl (C=O) groups is 2. The van der Waals surface area contributed by atoms with Gasteiger partial charge in [0.05, 0.1) is 0 Å². The monoisotopic (exact) mass is 383 g/mol. The van der Waals surface area contributed by atoms with Gasteiger partial charge in [0.2, 0.25) is 34.8 Å². The fourth-order valence-corrected chi connectivity index (χ4v) is 1.77. The van der Waals surface area contributed by atoms with Gasteiger partial charge in [0.25, 0.3) is 0 Å². The number of alkyl carbamates (subject to hydrolysis) is 1. The third kappa shape index (κ3) is 5.06. The Morgan fingerprint density at radius 1 is 0.885 bits per heavy atom. The minimum absolute atomic E-state index is 0.642. The summed E-state index contributed by atoms with van der Waals surface area (Å²) in [6.45, 7) is 7.60. The van der Waals surface area contributed by atoms with Crippen LogP contribution in [-0.2, 0) is 9.53 Å². The van der Waals surface area contributed by atoms with Crippen molar-refractivity contribution in [3.63, 3.8) is 0 Å². The number of hydrogen-bond donors (Lipinski definition) is 1. The Kier molecular flexibility index (Phi) is 6.56. The van der Waals surface area contributed by atoms with E-state index in [1.807, 2.05) is 0 Å². The van der Waals surface area contributed by atoms with E-state index in [9.17, 15) is 31.5 Å². The Labute approximate surface area is 146 Å². The van der Waals surface area contributed by atoms with Crippen molar-refractivity contribution < 1.29 is 41.0 Å². The summed E-state index contributed by atoms with van der Waals surface area (Å²) in [4.78, 5) is 23.9. The maximum absolute atomic E-state index is 13.6. The molecule has 5 nitrogen and oxygen atoms in total. The van der Waals surface area contributed by atoms with Crippen LogP contribution in [0.5, 0.6) is 5.75 Å². The second-order valence-corrected chi connectivity index (χ2v) is 6.69. The van der Waals surface area contributed by atoms with Crippen molar-refractivity contribution in [1.82, 2.24) is 5.32 Å². The molecule has 0 bridgehead atoms. The van der Waals surface area contributed by atoms with Gasteiger partial charge in [-0.25, -0.2) is 22.8 Å². The van der Waals surface area contributed by atoms with E-state index in [4.69, 9.17) is 4.74 Å². The smallest absolute Gasteiger partial charge is 0.408 e. The first-order valence-corrected chi connectivity index (χ1v) is 7.49. The van der Waals surface area contributed by atoms with Gasteiger partial charge in [-0.05, 0) is 26.7 Å². The zero-order chi connectivity index (χ0) is 20.4. The summed E-state index contributed by atoms with van der Waals surface area (Å²) >= 11 is 0. The van der Waals surface area contributed by atoms with Crippen LogP contribution in [0.25, 0.3) is 0 Å². The minimum Gasteiger partial charge on any atom is -0.444 e. The molecule has 0 radical (unpaired) electrons. The maximum Gasteiger partial charge on any atom is 0.408 e. The second kappa shape index (κ2) is 7.88. The summed E-state index contributed by atoms with van der Waals surface area (Å²) in [6, 6.07) is -1.46. The molecule has 0 saturated heterocycles. The van der Waals surface area contributed by atoms with E-state index in [2.05, 4.69) is 10.1 Å². The molecule has 1 aromatic rings. The van der Waals surface area contributed by atoms with E-state index in [-0.39, 0.29) is 0 Å². The number of rotatable bonds is 4. The van der Waals surface area contributed by atoms with Crippen LogP contribution in [0, 0.1) is 35.0 Å². The van der Waals surface area contributed by atoms with Crippen LogP contribution in [-0.4, -0.2) is 23.7 Å². The normalized spacial score (nSPS) is 12.7. The average molecular weight is 383 g/mol. The van der Waals surface area contributed by atoms with E-state index in [1.165, 1.54) is 13.8 Å². The van der Waals surface area contributed by atoms with Gasteiger partial charge in [-0.1, -0.05) is 13.8 Å². The number of halogens is 5. The van der Waals surface area contributed by atoms with Gasteiger partial charge in [-0.3, -0.25) is 0 Å². The molecule has 10 heteroatoms. The molecule has 146 valence electrons. The summed E-state index contributed by atoms with van der Waals surface area (Å²) in [6.07, 6.45) is -1.02. The van der Waals surface area contributed by atoms with Gasteiger partial charge < -0.3 is 14.8 Å². The van der Waals surface area contributed by atoms with Crippen molar-refractivity contribution in [2.75, 3.05) is 0 Å². The molecular weight excluding hydrogens is 365 g/mol. The van der Waals surface area contributed by atoms with Gasteiger partial charge in [-0.2, -0.15) is 8.78 Å². The predicted molar refractivity (Wildman–Crippen MR) is 79.9 cm³/mol. The Morgan fingerprint density at radius 2 is 1.31 bits per heavy atom. The third-order valence-corrected chi connectivity index (χ3v) is 2.97. The Morgan fingerprint density at radius 3 is 1.69 bits per heavy atom. The molecule has 1 aromatic carbocycles. The first-order valence-electron chi connectivity index (χ1n) is 7.49. The Balaban J connectivity index is 3.08. The summed E-state index contributed by atoms with van der Waals surface area (Å²) in [7, 11) is 0. The molecule has 0 aliphatic heterocycles. The van der Waals surface area contributed by atoms with Crippen molar-refractivity contribution in [1.29, 1.82) is 0 Å². The molecule has 1 rings (SSSR count). The molecule has 0 aliphatic carbocycles. The fourth-order valence-electron chi connectivity index (χ4n) is 1.77. The minimum atomic E-state index is -2.38. The molecule has 0 fully saturated rings. The summed E-state index contributed by atoms with van der Waals surface area (Å²) in [5.74, 6) is -15.3. The molecule has 1 atom stereocenters. The molecule has 0 unspecified atom stereocenters. The van der Waals surface area contributed by atoms with Gasteiger partial charge >= 0.3 is 12.1 Å². The lowest BCUT2D eigenvalue weighted by atomic mass is 10.1. The summed E-state index contributed by atoms with van der Waals surface area (Å²) in [5, 5.41) is 2.13.